The first-order valence-electron chi connectivity index (χ1n) is 9.85. The first-order chi connectivity index (χ1) is 15.4. The maximum atomic E-state index is 13.2. The molecule has 4 aromatic rings. The van der Waals surface area contributed by atoms with Gasteiger partial charge >= 0.3 is 0 Å². The van der Waals surface area contributed by atoms with Gasteiger partial charge in [0, 0.05) is 26.4 Å². The van der Waals surface area contributed by atoms with Crippen molar-refractivity contribution in [1.29, 1.82) is 0 Å². The average Bonchev–Trinajstić information content (AvgIpc) is 3.13. The van der Waals surface area contributed by atoms with Gasteiger partial charge in [-0.25, -0.2) is 4.98 Å². The summed E-state index contributed by atoms with van der Waals surface area (Å²) in [6, 6.07) is 14.8. The second kappa shape index (κ2) is 9.95. The van der Waals surface area contributed by atoms with Gasteiger partial charge in [0.2, 0.25) is 0 Å². The molecule has 4 rings (SSSR count). The standard InChI is InChI=1S/C23H18Br2ClN3O2S/c1-3-13(2)21-28-20-9-4-14(24)10-18(20)22(30)29(21)27-12-16-11-19(25)23(31-16)32-17-7-5-15(26)6-8-17/h4-13H,3H2,1-2H3/t13-/m1/s1. The Bertz CT molecular complexity index is 1370. The third-order valence-corrected chi connectivity index (χ3v) is 7.48. The predicted molar refractivity (Wildman–Crippen MR) is 137 cm³/mol. The molecule has 5 nitrogen and oxygen atoms in total. The lowest BCUT2D eigenvalue weighted by molar-refractivity contribution is 0.465. The van der Waals surface area contributed by atoms with Gasteiger partial charge in [-0.3, -0.25) is 4.79 Å². The number of rotatable bonds is 6. The van der Waals surface area contributed by atoms with Crippen molar-refractivity contribution in [2.45, 2.75) is 36.2 Å². The molecule has 0 N–H and O–H groups in total. The second-order valence-electron chi connectivity index (χ2n) is 7.14. The molecule has 9 heteroatoms. The lowest BCUT2D eigenvalue weighted by Gasteiger charge is -2.13. The molecule has 32 heavy (non-hydrogen) atoms. The van der Waals surface area contributed by atoms with Crippen LogP contribution in [0.2, 0.25) is 5.02 Å². The number of fused-ring (bicyclic) bond motifs is 1. The van der Waals surface area contributed by atoms with Gasteiger partial charge in [-0.2, -0.15) is 9.78 Å². The van der Waals surface area contributed by atoms with Crippen molar-refractivity contribution in [3.05, 3.63) is 84.4 Å². The topological polar surface area (TPSA) is 60.4 Å². The van der Waals surface area contributed by atoms with E-state index in [1.165, 1.54) is 22.7 Å². The van der Waals surface area contributed by atoms with Crippen LogP contribution in [0.3, 0.4) is 0 Å². The van der Waals surface area contributed by atoms with Crippen molar-refractivity contribution in [3.63, 3.8) is 0 Å². The summed E-state index contributed by atoms with van der Waals surface area (Å²) in [6.07, 6.45) is 2.37. The molecule has 2 aromatic carbocycles. The van der Waals surface area contributed by atoms with Crippen molar-refractivity contribution >= 4 is 72.3 Å². The fourth-order valence-corrected chi connectivity index (χ4v) is 4.82. The summed E-state index contributed by atoms with van der Waals surface area (Å²) in [5.74, 6) is 1.20. The molecule has 0 saturated heterocycles. The Morgan fingerprint density at radius 3 is 2.69 bits per heavy atom. The van der Waals surface area contributed by atoms with Crippen LogP contribution in [0.5, 0.6) is 0 Å². The Morgan fingerprint density at radius 2 is 1.97 bits per heavy atom. The fourth-order valence-electron chi connectivity index (χ4n) is 3.01. The van der Waals surface area contributed by atoms with Crippen molar-refractivity contribution < 1.29 is 4.42 Å². The van der Waals surface area contributed by atoms with E-state index in [-0.39, 0.29) is 11.5 Å². The van der Waals surface area contributed by atoms with Gasteiger partial charge in [-0.05, 0) is 64.8 Å². The monoisotopic (exact) mass is 593 g/mol. The Hall–Kier alpha value is -1.87. The van der Waals surface area contributed by atoms with E-state index in [1.54, 1.807) is 6.07 Å². The van der Waals surface area contributed by atoms with Crippen LogP contribution in [0.4, 0.5) is 0 Å². The van der Waals surface area contributed by atoms with Gasteiger partial charge in [0.25, 0.3) is 5.56 Å². The Labute approximate surface area is 211 Å². The molecule has 2 heterocycles. The minimum Gasteiger partial charge on any atom is -0.447 e. The van der Waals surface area contributed by atoms with E-state index in [0.717, 1.165) is 20.3 Å². The molecule has 0 bridgehead atoms. The second-order valence-corrected chi connectivity index (χ2v) is 10.4. The van der Waals surface area contributed by atoms with Crippen LogP contribution in [-0.2, 0) is 0 Å². The van der Waals surface area contributed by atoms with Gasteiger partial charge in [0.15, 0.2) is 5.09 Å². The van der Waals surface area contributed by atoms with Crippen LogP contribution in [0, 0.1) is 0 Å². The Kier molecular flexibility index (Phi) is 7.24. The number of halogens is 3. The minimum atomic E-state index is -0.218. The first-order valence-corrected chi connectivity index (χ1v) is 12.6. The summed E-state index contributed by atoms with van der Waals surface area (Å²) < 4.78 is 8.91. The zero-order valence-corrected chi connectivity index (χ0v) is 21.9. The van der Waals surface area contributed by atoms with E-state index in [1.807, 2.05) is 49.4 Å². The number of aromatic nitrogens is 2. The zero-order valence-electron chi connectivity index (χ0n) is 17.2. The van der Waals surface area contributed by atoms with Gasteiger partial charge in [0.1, 0.15) is 11.6 Å². The summed E-state index contributed by atoms with van der Waals surface area (Å²) >= 11 is 14.4. The molecular weight excluding hydrogens is 578 g/mol. The molecular formula is C23H18Br2ClN3O2S. The van der Waals surface area contributed by atoms with Crippen LogP contribution in [0.25, 0.3) is 10.9 Å². The minimum absolute atomic E-state index is 0.0623. The smallest absolute Gasteiger partial charge is 0.282 e. The highest BCUT2D eigenvalue weighted by atomic mass is 79.9. The molecule has 0 aliphatic heterocycles. The van der Waals surface area contributed by atoms with E-state index in [2.05, 4.69) is 43.9 Å². The molecule has 0 saturated carbocycles. The number of benzene rings is 2. The zero-order chi connectivity index (χ0) is 22.8. The molecule has 164 valence electrons. The van der Waals surface area contributed by atoms with E-state index in [0.29, 0.717) is 32.6 Å². The van der Waals surface area contributed by atoms with Crippen LogP contribution in [0.15, 0.2) is 81.8 Å². The number of hydrogen-bond donors (Lipinski definition) is 0. The van der Waals surface area contributed by atoms with Gasteiger partial charge in [-0.15, -0.1) is 0 Å². The normalized spacial score (nSPS) is 12.7. The highest BCUT2D eigenvalue weighted by Crippen LogP contribution is 2.36. The van der Waals surface area contributed by atoms with E-state index in [4.69, 9.17) is 21.0 Å². The molecule has 1 atom stereocenters. The van der Waals surface area contributed by atoms with Crippen LogP contribution in [0.1, 0.15) is 37.8 Å². The lowest BCUT2D eigenvalue weighted by atomic mass is 10.1. The number of furan rings is 1. The van der Waals surface area contributed by atoms with E-state index >= 15 is 0 Å². The molecule has 0 spiro atoms. The summed E-state index contributed by atoms with van der Waals surface area (Å²) in [5, 5.41) is 6.32. The van der Waals surface area contributed by atoms with E-state index in [9.17, 15) is 4.79 Å². The predicted octanol–water partition coefficient (Wildman–Crippen LogP) is 7.71. The summed E-state index contributed by atoms with van der Waals surface area (Å²) in [6.45, 7) is 4.09. The number of hydrogen-bond acceptors (Lipinski definition) is 5. The average molecular weight is 596 g/mol. The maximum Gasteiger partial charge on any atom is 0.282 e. The highest BCUT2D eigenvalue weighted by molar-refractivity contribution is 9.10. The third-order valence-electron chi connectivity index (χ3n) is 4.89. The molecule has 2 aromatic heterocycles. The van der Waals surface area contributed by atoms with Crippen LogP contribution < -0.4 is 5.56 Å². The van der Waals surface area contributed by atoms with Crippen molar-refractivity contribution in [2.75, 3.05) is 0 Å². The fraction of sp³-hybridized carbons (Fsp3) is 0.174. The molecule has 0 amide bonds. The Balaban J connectivity index is 1.71. The molecule has 0 fully saturated rings. The van der Waals surface area contributed by atoms with Crippen molar-refractivity contribution in [2.24, 2.45) is 5.10 Å². The van der Waals surface area contributed by atoms with Gasteiger partial charge in [-0.1, -0.05) is 53.1 Å². The SMILES string of the molecule is CC[C@@H](C)c1nc2ccc(Br)cc2c(=O)n1N=Cc1cc(Br)c(Sc2ccc(Cl)cc2)o1. The van der Waals surface area contributed by atoms with Crippen LogP contribution >= 0.6 is 55.2 Å². The maximum absolute atomic E-state index is 13.2. The number of nitrogens with zero attached hydrogens (tertiary/aromatic N) is 3. The largest absolute Gasteiger partial charge is 0.447 e. The Morgan fingerprint density at radius 1 is 1.22 bits per heavy atom. The quantitative estimate of drug-likeness (QED) is 0.214. The summed E-state index contributed by atoms with van der Waals surface area (Å²) in [5.41, 5.74) is 0.437. The molecule has 0 radical (unpaired) electrons. The first kappa shape index (κ1) is 23.3. The van der Waals surface area contributed by atoms with Gasteiger partial charge in [0.05, 0.1) is 21.6 Å². The molecule has 0 aliphatic rings. The van der Waals surface area contributed by atoms with Crippen molar-refractivity contribution in [3.8, 4) is 0 Å². The molecule has 0 aliphatic carbocycles. The van der Waals surface area contributed by atoms with Crippen molar-refractivity contribution in [1.82, 2.24) is 9.66 Å². The lowest BCUT2D eigenvalue weighted by Crippen LogP contribution is -2.23. The highest BCUT2D eigenvalue weighted by Gasteiger charge is 2.16. The van der Waals surface area contributed by atoms with E-state index < -0.39 is 0 Å². The van der Waals surface area contributed by atoms with Crippen LogP contribution in [-0.4, -0.2) is 15.9 Å². The summed E-state index contributed by atoms with van der Waals surface area (Å²) in [4.78, 5) is 18.9. The molecule has 0 unspecified atom stereocenters. The third kappa shape index (κ3) is 5.03. The summed E-state index contributed by atoms with van der Waals surface area (Å²) in [7, 11) is 0. The van der Waals surface area contributed by atoms with Gasteiger partial charge < -0.3 is 4.42 Å².